The summed E-state index contributed by atoms with van der Waals surface area (Å²) in [6.45, 7) is 3.76. The summed E-state index contributed by atoms with van der Waals surface area (Å²) < 4.78 is 0. The van der Waals surface area contributed by atoms with Gasteiger partial charge in [-0.3, -0.25) is 19.6 Å². The van der Waals surface area contributed by atoms with Crippen LogP contribution < -0.4 is 10.6 Å². The second-order valence-corrected chi connectivity index (χ2v) is 23.2. The van der Waals surface area contributed by atoms with Crippen molar-refractivity contribution in [3.8, 4) is 0 Å². The van der Waals surface area contributed by atoms with Crippen molar-refractivity contribution in [2.45, 2.75) is 125 Å². The number of nitrogens with zero attached hydrogens (tertiary/aromatic N) is 2. The standard InChI is InChI=1S/2C35H36N2O3/c2*1-24-31(16-9-19-36-24)37-33(39)27-17-18-30-26(20-27)12-8-15-29-22-35(40,28-13-6-3-7-14-28)32(38)23-34(29,30)21-25-10-4-2-5-11-25/h2*2-7,9-11,13-14,16-20,29,32,38,40H,8,12,15,21-23H2,1H3,(H,37,39)/t2*29-,32+,34+,35+/m10/s1. The third-order valence-corrected chi connectivity index (χ3v) is 18.5. The zero-order valence-electron chi connectivity index (χ0n) is 45.8. The molecule has 408 valence electrons. The van der Waals surface area contributed by atoms with E-state index in [1.807, 2.05) is 135 Å². The molecule has 8 aromatic rings. The van der Waals surface area contributed by atoms with Crippen molar-refractivity contribution in [3.63, 3.8) is 0 Å². The van der Waals surface area contributed by atoms with Gasteiger partial charge in [0.2, 0.25) is 0 Å². The second kappa shape index (κ2) is 22.9. The number of pyridine rings is 2. The number of aliphatic hydroxyl groups excluding tert-OH is 2. The number of hydrogen-bond donors (Lipinski definition) is 6. The molecule has 2 heterocycles. The fourth-order valence-corrected chi connectivity index (χ4v) is 14.4. The van der Waals surface area contributed by atoms with Gasteiger partial charge in [-0.2, -0.15) is 0 Å². The minimum absolute atomic E-state index is 0.154. The van der Waals surface area contributed by atoms with Crippen molar-refractivity contribution in [2.24, 2.45) is 11.8 Å². The lowest BCUT2D eigenvalue weighted by atomic mass is 9.54. The fraction of sp³-hybridized carbons (Fsp3) is 0.314. The van der Waals surface area contributed by atoms with Crippen LogP contribution in [0.25, 0.3) is 0 Å². The van der Waals surface area contributed by atoms with Gasteiger partial charge in [0.05, 0.1) is 35.0 Å². The third kappa shape index (κ3) is 10.7. The number of amides is 2. The maximum Gasteiger partial charge on any atom is 0.255 e. The van der Waals surface area contributed by atoms with Crippen molar-refractivity contribution in [1.82, 2.24) is 9.97 Å². The Morgan fingerprint density at radius 2 is 0.863 bits per heavy atom. The highest BCUT2D eigenvalue weighted by molar-refractivity contribution is 6.05. The highest BCUT2D eigenvalue weighted by Gasteiger charge is 2.57. The minimum atomic E-state index is -1.29. The van der Waals surface area contributed by atoms with Crippen molar-refractivity contribution >= 4 is 23.2 Å². The first-order valence-electron chi connectivity index (χ1n) is 28.5. The number of rotatable bonds is 10. The lowest BCUT2D eigenvalue weighted by Crippen LogP contribution is -2.55. The Morgan fingerprint density at radius 3 is 1.24 bits per heavy atom. The molecule has 2 saturated carbocycles. The van der Waals surface area contributed by atoms with Gasteiger partial charge in [-0.15, -0.1) is 0 Å². The van der Waals surface area contributed by atoms with Gasteiger partial charge in [0.25, 0.3) is 11.8 Å². The monoisotopic (exact) mass is 1060 g/mol. The predicted molar refractivity (Wildman–Crippen MR) is 314 cm³/mol. The molecule has 80 heavy (non-hydrogen) atoms. The van der Waals surface area contributed by atoms with Gasteiger partial charge in [-0.25, -0.2) is 0 Å². The van der Waals surface area contributed by atoms with E-state index < -0.39 is 23.4 Å². The molecule has 4 aliphatic rings. The van der Waals surface area contributed by atoms with E-state index in [-0.39, 0.29) is 34.5 Å². The summed E-state index contributed by atoms with van der Waals surface area (Å²) in [6, 6.07) is 59.7. The predicted octanol–water partition coefficient (Wildman–Crippen LogP) is 12.2. The Kier molecular flexibility index (Phi) is 15.5. The number of aryl methyl sites for hydroxylation is 4. The summed E-state index contributed by atoms with van der Waals surface area (Å²) >= 11 is 0. The number of aromatic nitrogens is 2. The summed E-state index contributed by atoms with van der Waals surface area (Å²) in [7, 11) is 0. The van der Waals surface area contributed by atoms with E-state index in [1.165, 1.54) is 22.3 Å². The number of benzene rings is 6. The van der Waals surface area contributed by atoms with Crippen molar-refractivity contribution in [1.29, 1.82) is 0 Å². The first-order valence-corrected chi connectivity index (χ1v) is 28.5. The Hall–Kier alpha value is -7.60. The zero-order chi connectivity index (χ0) is 55.5. The van der Waals surface area contributed by atoms with Crippen LogP contribution >= 0.6 is 0 Å². The Bertz CT molecular complexity index is 3240. The molecule has 2 fully saturated rings. The molecule has 0 spiro atoms. The van der Waals surface area contributed by atoms with Crippen LogP contribution in [0.5, 0.6) is 0 Å². The van der Waals surface area contributed by atoms with Crippen LogP contribution in [0.4, 0.5) is 11.4 Å². The van der Waals surface area contributed by atoms with E-state index in [4.69, 9.17) is 0 Å². The first kappa shape index (κ1) is 54.4. The van der Waals surface area contributed by atoms with E-state index >= 15 is 0 Å². The summed E-state index contributed by atoms with van der Waals surface area (Å²) in [4.78, 5) is 35.1. The number of nitrogens with one attached hydrogen (secondary N) is 2. The largest absolute Gasteiger partial charge is 0.390 e. The van der Waals surface area contributed by atoms with E-state index in [1.54, 1.807) is 12.4 Å². The molecule has 2 aromatic heterocycles. The van der Waals surface area contributed by atoms with Gasteiger partial charge < -0.3 is 31.1 Å². The normalized spacial score (nSPS) is 25.8. The fourth-order valence-electron chi connectivity index (χ4n) is 14.4. The topological polar surface area (TPSA) is 165 Å². The molecule has 8 atom stereocenters. The highest BCUT2D eigenvalue weighted by Crippen LogP contribution is 2.58. The number of aliphatic hydroxyl groups is 4. The van der Waals surface area contributed by atoms with Crippen LogP contribution in [0.1, 0.15) is 128 Å². The lowest BCUT2D eigenvalue weighted by molar-refractivity contribution is -0.143. The molecule has 12 rings (SSSR count). The van der Waals surface area contributed by atoms with Crippen LogP contribution in [-0.4, -0.2) is 54.4 Å². The van der Waals surface area contributed by atoms with Crippen LogP contribution in [0.3, 0.4) is 0 Å². The number of anilines is 2. The van der Waals surface area contributed by atoms with Gasteiger partial charge in [0, 0.05) is 34.4 Å². The molecular formula is C70H72N4O6. The lowest BCUT2D eigenvalue weighted by Gasteiger charge is -2.53. The molecule has 4 aliphatic carbocycles. The van der Waals surface area contributed by atoms with E-state index in [2.05, 4.69) is 81.3 Å². The molecule has 10 nitrogen and oxygen atoms in total. The van der Waals surface area contributed by atoms with E-state index in [0.717, 1.165) is 85.0 Å². The Balaban J connectivity index is 0.000000169. The number of carbonyl (C=O) groups is 2. The van der Waals surface area contributed by atoms with Gasteiger partial charge in [-0.1, -0.05) is 133 Å². The van der Waals surface area contributed by atoms with Crippen LogP contribution in [0, 0.1) is 25.7 Å². The van der Waals surface area contributed by atoms with Gasteiger partial charge in [0.15, 0.2) is 0 Å². The smallest absolute Gasteiger partial charge is 0.255 e. The first-order chi connectivity index (χ1) is 38.8. The average Bonchev–Trinajstić information content (AvgIpc) is 3.92. The molecule has 10 heteroatoms. The van der Waals surface area contributed by atoms with Gasteiger partial charge in [0.1, 0.15) is 11.2 Å². The van der Waals surface area contributed by atoms with Crippen LogP contribution in [0.15, 0.2) is 194 Å². The van der Waals surface area contributed by atoms with E-state index in [0.29, 0.717) is 48.2 Å². The van der Waals surface area contributed by atoms with E-state index in [9.17, 15) is 30.0 Å². The van der Waals surface area contributed by atoms with Crippen LogP contribution in [-0.2, 0) is 47.7 Å². The van der Waals surface area contributed by atoms with Crippen LogP contribution in [0.2, 0.25) is 0 Å². The number of carbonyl (C=O) groups excluding carboxylic acids is 2. The SMILES string of the molecule is Cc1ncccc1NC(=O)c1ccc2c(c1)CCC[C@@H]1C[C@](O)(c3ccccc3)[C@@H](O)C[C@]21Cc1ccccc1.Cc1ncccc1NC(=O)c1ccc2c(c1)CCC[C@H]1C[C@@](O)(c3ccccc3)[C@H](O)C[C@@]21Cc1ccccc1. The average molecular weight is 1070 g/mol. The molecule has 6 N–H and O–H groups in total. The second-order valence-electron chi connectivity index (χ2n) is 23.2. The molecule has 0 saturated heterocycles. The molecule has 0 unspecified atom stereocenters. The zero-order valence-corrected chi connectivity index (χ0v) is 45.8. The molecule has 0 radical (unpaired) electrons. The Morgan fingerprint density at radius 1 is 0.487 bits per heavy atom. The quantitative estimate of drug-likeness (QED) is 0.0788. The maximum atomic E-state index is 13.3. The van der Waals surface area contributed by atoms with Gasteiger partial charge in [-0.05, 0) is 196 Å². The third-order valence-electron chi connectivity index (χ3n) is 18.5. The van der Waals surface area contributed by atoms with Crippen molar-refractivity contribution in [2.75, 3.05) is 10.6 Å². The summed E-state index contributed by atoms with van der Waals surface area (Å²) in [5, 5.41) is 53.3. The molecule has 0 bridgehead atoms. The molecule has 0 aliphatic heterocycles. The summed E-state index contributed by atoms with van der Waals surface area (Å²) in [5.74, 6) is 0.0263. The minimum Gasteiger partial charge on any atom is -0.390 e. The Labute approximate surface area is 470 Å². The van der Waals surface area contributed by atoms with Crippen molar-refractivity contribution in [3.05, 3.63) is 261 Å². The van der Waals surface area contributed by atoms with Crippen molar-refractivity contribution < 1.29 is 30.0 Å². The molecular weight excluding hydrogens is 993 g/mol. The summed E-state index contributed by atoms with van der Waals surface area (Å²) in [6.07, 6.45) is 10.5. The van der Waals surface area contributed by atoms with Gasteiger partial charge >= 0.3 is 0 Å². The number of hydrogen-bond acceptors (Lipinski definition) is 8. The highest BCUT2D eigenvalue weighted by atomic mass is 16.3. The maximum absolute atomic E-state index is 13.3. The molecule has 2 amide bonds. The molecule has 6 aromatic carbocycles. The number of fused-ring (bicyclic) bond motifs is 6. The summed E-state index contributed by atoms with van der Waals surface area (Å²) in [5.41, 5.74) is 9.59.